The van der Waals surface area contributed by atoms with Crippen molar-refractivity contribution < 1.29 is 29.0 Å². The molecule has 0 radical (unpaired) electrons. The van der Waals surface area contributed by atoms with Crippen molar-refractivity contribution in [2.45, 2.75) is 50.6 Å². The number of alkyl carbamates (subject to hydrolysis) is 1. The minimum Gasteiger partial charge on any atom is -0.480 e. The van der Waals surface area contributed by atoms with Crippen LogP contribution in [0.5, 0.6) is 0 Å². The highest BCUT2D eigenvalue weighted by molar-refractivity contribution is 5.87. The fourth-order valence-electron chi connectivity index (χ4n) is 4.87. The largest absolute Gasteiger partial charge is 0.480 e. The summed E-state index contributed by atoms with van der Waals surface area (Å²) in [5, 5.41) is 15.2. The number of fused-ring (bicyclic) bond motifs is 3. The van der Waals surface area contributed by atoms with Crippen LogP contribution in [0.1, 0.15) is 50.2 Å². The molecule has 1 unspecified atom stereocenters. The Balaban J connectivity index is 1.37. The number of carboxylic acids is 1. The molecular weight excluding hydrogens is 448 g/mol. The summed E-state index contributed by atoms with van der Waals surface area (Å²) < 4.78 is 10.9. The van der Waals surface area contributed by atoms with E-state index in [1.54, 1.807) is 0 Å². The van der Waals surface area contributed by atoms with E-state index in [0.717, 1.165) is 22.3 Å². The van der Waals surface area contributed by atoms with Crippen LogP contribution < -0.4 is 10.6 Å². The molecule has 1 heterocycles. The Kier molecular flexibility index (Phi) is 7.40. The second-order valence-electron chi connectivity index (χ2n) is 9.57. The van der Waals surface area contributed by atoms with Crippen LogP contribution in [0.3, 0.4) is 0 Å². The SMILES string of the molecule is CC(C)C(CC(=O)NC1(C(=O)O)CCOCC1)NC(=O)OCC1c2ccccc2-c2ccccc21. The lowest BCUT2D eigenvalue weighted by molar-refractivity contribution is -0.152. The van der Waals surface area contributed by atoms with Crippen LogP contribution in [0.25, 0.3) is 11.1 Å². The van der Waals surface area contributed by atoms with E-state index in [0.29, 0.717) is 0 Å². The molecule has 1 aliphatic heterocycles. The highest BCUT2D eigenvalue weighted by Gasteiger charge is 2.42. The number of hydrogen-bond donors (Lipinski definition) is 3. The van der Waals surface area contributed by atoms with Gasteiger partial charge < -0.3 is 25.2 Å². The van der Waals surface area contributed by atoms with Crippen LogP contribution in [-0.2, 0) is 19.1 Å². The Morgan fingerprint density at radius 2 is 1.60 bits per heavy atom. The van der Waals surface area contributed by atoms with Crippen molar-refractivity contribution in [3.8, 4) is 11.1 Å². The number of nitrogens with one attached hydrogen (secondary N) is 2. The van der Waals surface area contributed by atoms with Crippen molar-refractivity contribution in [3.05, 3.63) is 59.7 Å². The Bertz CT molecular complexity index is 1050. The molecule has 35 heavy (non-hydrogen) atoms. The molecule has 2 amide bonds. The molecule has 1 atom stereocenters. The van der Waals surface area contributed by atoms with E-state index in [9.17, 15) is 19.5 Å². The third-order valence-electron chi connectivity index (χ3n) is 6.99. The van der Waals surface area contributed by atoms with Gasteiger partial charge in [-0.1, -0.05) is 62.4 Å². The number of rotatable bonds is 8. The van der Waals surface area contributed by atoms with Crippen LogP contribution >= 0.6 is 0 Å². The highest BCUT2D eigenvalue weighted by Crippen LogP contribution is 2.44. The van der Waals surface area contributed by atoms with Crippen molar-refractivity contribution in [2.24, 2.45) is 5.92 Å². The van der Waals surface area contributed by atoms with Crippen LogP contribution in [0, 0.1) is 5.92 Å². The zero-order chi connectivity index (χ0) is 25.0. The first-order valence-corrected chi connectivity index (χ1v) is 12.0. The zero-order valence-corrected chi connectivity index (χ0v) is 20.1. The Morgan fingerprint density at radius 1 is 1.03 bits per heavy atom. The molecule has 0 aromatic heterocycles. The molecule has 8 nitrogen and oxygen atoms in total. The fraction of sp³-hybridized carbons (Fsp3) is 0.444. The zero-order valence-electron chi connectivity index (χ0n) is 20.1. The highest BCUT2D eigenvalue weighted by atomic mass is 16.5. The number of carbonyl (C=O) groups is 3. The number of ether oxygens (including phenoxy) is 2. The van der Waals surface area contributed by atoms with Gasteiger partial charge in [-0.05, 0) is 28.2 Å². The molecule has 2 aromatic carbocycles. The van der Waals surface area contributed by atoms with Gasteiger partial charge in [0.25, 0.3) is 0 Å². The molecule has 1 saturated heterocycles. The van der Waals surface area contributed by atoms with Gasteiger partial charge in [-0.2, -0.15) is 0 Å². The lowest BCUT2D eigenvalue weighted by Crippen LogP contribution is -2.58. The van der Waals surface area contributed by atoms with Gasteiger partial charge in [0.2, 0.25) is 5.91 Å². The summed E-state index contributed by atoms with van der Waals surface area (Å²) in [5.41, 5.74) is 3.21. The number of carboxylic acid groups (broad SMARTS) is 1. The van der Waals surface area contributed by atoms with E-state index in [1.165, 1.54) is 0 Å². The van der Waals surface area contributed by atoms with Crippen molar-refractivity contribution in [1.29, 1.82) is 0 Å². The summed E-state index contributed by atoms with van der Waals surface area (Å²) in [6, 6.07) is 15.7. The summed E-state index contributed by atoms with van der Waals surface area (Å²) in [7, 11) is 0. The van der Waals surface area contributed by atoms with E-state index in [2.05, 4.69) is 34.9 Å². The smallest absolute Gasteiger partial charge is 0.407 e. The standard InChI is InChI=1S/C27H32N2O6/c1-17(2)23(15-24(30)29-27(25(31)32)11-13-34-14-12-27)28-26(33)35-16-22-20-9-5-3-7-18(20)19-8-4-6-10-21(19)22/h3-10,17,22-23H,11-16H2,1-2H3,(H,28,33)(H,29,30)(H,31,32). The first kappa shape index (κ1) is 24.7. The van der Waals surface area contributed by atoms with E-state index < -0.39 is 29.6 Å². The predicted octanol–water partition coefficient (Wildman–Crippen LogP) is 3.69. The minimum atomic E-state index is -1.33. The minimum absolute atomic E-state index is 0.0439. The molecule has 1 fully saturated rings. The predicted molar refractivity (Wildman–Crippen MR) is 130 cm³/mol. The first-order valence-electron chi connectivity index (χ1n) is 12.0. The van der Waals surface area contributed by atoms with Gasteiger partial charge in [-0.15, -0.1) is 0 Å². The molecule has 0 saturated carbocycles. The van der Waals surface area contributed by atoms with Crippen LogP contribution in [0.15, 0.2) is 48.5 Å². The first-order chi connectivity index (χ1) is 16.8. The Labute approximate surface area is 205 Å². The maximum Gasteiger partial charge on any atom is 0.407 e. The fourth-order valence-corrected chi connectivity index (χ4v) is 4.87. The average Bonchev–Trinajstić information content (AvgIpc) is 3.16. The number of benzene rings is 2. The number of hydrogen-bond acceptors (Lipinski definition) is 5. The second kappa shape index (κ2) is 10.5. The molecule has 2 aromatic rings. The van der Waals surface area contributed by atoms with E-state index >= 15 is 0 Å². The second-order valence-corrected chi connectivity index (χ2v) is 9.57. The van der Waals surface area contributed by atoms with Crippen LogP contribution in [-0.4, -0.2) is 54.5 Å². The van der Waals surface area contributed by atoms with Gasteiger partial charge in [0.15, 0.2) is 0 Å². The summed E-state index contributed by atoms with van der Waals surface area (Å²) in [6.07, 6.45) is -0.226. The monoisotopic (exact) mass is 480 g/mol. The summed E-state index contributed by atoms with van der Waals surface area (Å²) in [6.45, 7) is 4.52. The molecular formula is C27H32N2O6. The topological polar surface area (TPSA) is 114 Å². The number of aliphatic carboxylic acids is 1. The summed E-state index contributed by atoms with van der Waals surface area (Å²) >= 11 is 0. The van der Waals surface area contributed by atoms with Crippen molar-refractivity contribution in [2.75, 3.05) is 19.8 Å². The average molecular weight is 481 g/mol. The van der Waals surface area contributed by atoms with Crippen molar-refractivity contribution in [1.82, 2.24) is 10.6 Å². The van der Waals surface area contributed by atoms with Crippen molar-refractivity contribution >= 4 is 18.0 Å². The summed E-state index contributed by atoms with van der Waals surface area (Å²) in [5.74, 6) is -1.61. The van der Waals surface area contributed by atoms with Gasteiger partial charge in [-0.25, -0.2) is 9.59 Å². The molecule has 1 aliphatic carbocycles. The van der Waals surface area contributed by atoms with Crippen LogP contribution in [0.2, 0.25) is 0 Å². The van der Waals surface area contributed by atoms with Crippen molar-refractivity contribution in [3.63, 3.8) is 0 Å². The maximum absolute atomic E-state index is 12.8. The van der Waals surface area contributed by atoms with Gasteiger partial charge in [-0.3, -0.25) is 4.79 Å². The quantitative estimate of drug-likeness (QED) is 0.531. The molecule has 3 N–H and O–H groups in total. The molecule has 2 aliphatic rings. The van der Waals surface area contributed by atoms with E-state index in [-0.39, 0.29) is 50.9 Å². The molecule has 0 spiro atoms. The van der Waals surface area contributed by atoms with Gasteiger partial charge in [0.05, 0.1) is 0 Å². The van der Waals surface area contributed by atoms with Gasteiger partial charge >= 0.3 is 12.1 Å². The van der Waals surface area contributed by atoms with E-state index in [1.807, 2.05) is 38.1 Å². The maximum atomic E-state index is 12.8. The molecule has 8 heteroatoms. The van der Waals surface area contributed by atoms with Crippen LogP contribution in [0.4, 0.5) is 4.79 Å². The summed E-state index contributed by atoms with van der Waals surface area (Å²) in [4.78, 5) is 37.3. The number of amides is 2. The van der Waals surface area contributed by atoms with E-state index in [4.69, 9.17) is 9.47 Å². The lowest BCUT2D eigenvalue weighted by atomic mass is 9.89. The Morgan fingerprint density at radius 3 is 2.14 bits per heavy atom. The number of carbonyl (C=O) groups excluding carboxylic acids is 2. The third-order valence-corrected chi connectivity index (χ3v) is 6.99. The Hall–Kier alpha value is -3.39. The molecule has 0 bridgehead atoms. The van der Waals surface area contributed by atoms with Gasteiger partial charge in [0.1, 0.15) is 12.1 Å². The van der Waals surface area contributed by atoms with Gasteiger partial charge in [0, 0.05) is 44.4 Å². The lowest BCUT2D eigenvalue weighted by Gasteiger charge is -2.34. The normalized spacial score (nSPS) is 17.2. The molecule has 4 rings (SSSR count). The third kappa shape index (κ3) is 5.32. The molecule has 186 valence electrons.